The van der Waals surface area contributed by atoms with E-state index in [0.717, 1.165) is 25.2 Å². The molecule has 2 N–H and O–H groups in total. The van der Waals surface area contributed by atoms with Gasteiger partial charge >= 0.3 is 18.0 Å². The largest absolute Gasteiger partial charge is 0.481 e. The number of hydrogen-bond donors (Lipinski definition) is 2. The van der Waals surface area contributed by atoms with Crippen molar-refractivity contribution in [3.63, 3.8) is 0 Å². The number of urea groups is 1. The van der Waals surface area contributed by atoms with Crippen molar-refractivity contribution in [3.05, 3.63) is 35.4 Å². The number of carboxylic acid groups (broad SMARTS) is 1. The number of carboxylic acids is 1. The van der Waals surface area contributed by atoms with Crippen molar-refractivity contribution in [2.75, 3.05) is 32.9 Å². The second-order valence-electron chi connectivity index (χ2n) is 8.24. The van der Waals surface area contributed by atoms with Crippen LogP contribution in [0.5, 0.6) is 0 Å². The first-order valence-corrected chi connectivity index (χ1v) is 10.9. The number of esters is 1. The normalized spacial score (nSPS) is 16.7. The van der Waals surface area contributed by atoms with Gasteiger partial charge in [0.25, 0.3) is 0 Å². The molecule has 0 saturated carbocycles. The summed E-state index contributed by atoms with van der Waals surface area (Å²) in [5.41, 5.74) is 2.11. The summed E-state index contributed by atoms with van der Waals surface area (Å²) in [5, 5.41) is 11.7. The van der Waals surface area contributed by atoms with Crippen LogP contribution in [0.25, 0.3) is 0 Å². The summed E-state index contributed by atoms with van der Waals surface area (Å²) in [7, 11) is 0. The van der Waals surface area contributed by atoms with Gasteiger partial charge in [-0.3, -0.25) is 4.79 Å². The predicted octanol–water partition coefficient (Wildman–Crippen LogP) is 2.81. The second-order valence-corrected chi connectivity index (χ2v) is 8.24. The van der Waals surface area contributed by atoms with E-state index < -0.39 is 24.0 Å². The first-order chi connectivity index (χ1) is 14.8. The summed E-state index contributed by atoms with van der Waals surface area (Å²) in [6, 6.07) is 6.68. The van der Waals surface area contributed by atoms with Crippen LogP contribution in [0, 0.1) is 5.92 Å². The molecule has 1 heterocycles. The Morgan fingerprint density at radius 1 is 1.26 bits per heavy atom. The van der Waals surface area contributed by atoms with Gasteiger partial charge in [-0.1, -0.05) is 38.1 Å². The third-order valence-corrected chi connectivity index (χ3v) is 5.16. The Kier molecular flexibility index (Phi) is 9.78. The highest BCUT2D eigenvalue weighted by atomic mass is 16.5. The molecule has 2 atom stereocenters. The van der Waals surface area contributed by atoms with E-state index in [2.05, 4.69) is 5.32 Å². The predicted molar refractivity (Wildman–Crippen MR) is 116 cm³/mol. The molecule has 1 fully saturated rings. The topological polar surface area (TPSA) is 105 Å². The van der Waals surface area contributed by atoms with Crippen molar-refractivity contribution in [1.29, 1.82) is 0 Å². The van der Waals surface area contributed by atoms with Crippen LogP contribution in [0.1, 0.15) is 50.7 Å². The van der Waals surface area contributed by atoms with E-state index >= 15 is 0 Å². The zero-order valence-electron chi connectivity index (χ0n) is 18.6. The van der Waals surface area contributed by atoms with E-state index in [0.29, 0.717) is 18.9 Å². The summed E-state index contributed by atoms with van der Waals surface area (Å²) < 4.78 is 10.6. The smallest absolute Gasteiger partial charge is 0.329 e. The summed E-state index contributed by atoms with van der Waals surface area (Å²) >= 11 is 0. The van der Waals surface area contributed by atoms with Crippen LogP contribution < -0.4 is 5.32 Å². The number of amides is 2. The lowest BCUT2D eigenvalue weighted by atomic mass is 9.96. The highest BCUT2D eigenvalue weighted by Gasteiger charge is 2.26. The number of carbonyl (C=O) groups is 3. The van der Waals surface area contributed by atoms with Gasteiger partial charge in [-0.15, -0.1) is 0 Å². The first kappa shape index (κ1) is 24.7. The van der Waals surface area contributed by atoms with Crippen LogP contribution in [-0.4, -0.2) is 66.9 Å². The zero-order valence-corrected chi connectivity index (χ0v) is 18.6. The van der Waals surface area contributed by atoms with Crippen molar-refractivity contribution >= 4 is 18.0 Å². The highest BCUT2D eigenvalue weighted by Crippen LogP contribution is 2.25. The quantitative estimate of drug-likeness (QED) is 0.519. The van der Waals surface area contributed by atoms with Gasteiger partial charge in [-0.25, -0.2) is 9.59 Å². The molecule has 0 aromatic heterocycles. The number of ether oxygens (including phenoxy) is 2. The van der Waals surface area contributed by atoms with Gasteiger partial charge in [0, 0.05) is 32.0 Å². The molecule has 1 unspecified atom stereocenters. The zero-order chi connectivity index (χ0) is 22.8. The number of aliphatic carboxylic acids is 1. The molecule has 2 amide bonds. The molecule has 1 aromatic carbocycles. The van der Waals surface area contributed by atoms with Gasteiger partial charge in [-0.2, -0.15) is 0 Å². The van der Waals surface area contributed by atoms with Crippen LogP contribution in [-0.2, 0) is 25.5 Å². The van der Waals surface area contributed by atoms with Gasteiger partial charge in [-0.05, 0) is 30.4 Å². The summed E-state index contributed by atoms with van der Waals surface area (Å²) in [4.78, 5) is 37.7. The lowest BCUT2D eigenvalue weighted by Gasteiger charge is -2.27. The molecule has 1 saturated heterocycles. The number of nitrogens with zero attached hydrogens (tertiary/aromatic N) is 1. The third-order valence-electron chi connectivity index (χ3n) is 5.16. The Morgan fingerprint density at radius 3 is 2.52 bits per heavy atom. The SMILES string of the molecule is CCOC(=O)[C@H](Cc1ccc(C2CCOC2)cc1)NC(=O)N(CCC(=O)O)CC(C)C. The molecule has 172 valence electrons. The molecule has 1 aliphatic heterocycles. The number of nitrogens with one attached hydrogen (secondary N) is 1. The minimum Gasteiger partial charge on any atom is -0.481 e. The summed E-state index contributed by atoms with van der Waals surface area (Å²) in [6.45, 7) is 7.79. The molecule has 1 aromatic rings. The molecule has 1 aliphatic rings. The van der Waals surface area contributed by atoms with Crippen LogP contribution in [0.15, 0.2) is 24.3 Å². The lowest BCUT2D eigenvalue weighted by molar-refractivity contribution is -0.145. The number of carbonyl (C=O) groups excluding carboxylic acids is 2. The maximum atomic E-state index is 12.8. The molecule has 2 rings (SSSR count). The third kappa shape index (κ3) is 8.20. The molecule has 0 bridgehead atoms. The molecule has 8 nitrogen and oxygen atoms in total. The molecule has 0 aliphatic carbocycles. The molecule has 0 radical (unpaired) electrons. The minimum absolute atomic E-state index is 0.0764. The van der Waals surface area contributed by atoms with E-state index in [1.807, 2.05) is 38.1 Å². The number of rotatable bonds is 11. The lowest BCUT2D eigenvalue weighted by Crippen LogP contribution is -2.50. The standard InChI is InChI=1S/C23H34N2O6/c1-4-31-22(28)20(24-23(29)25(14-16(2)3)11-9-21(26)27)13-17-5-7-18(8-6-17)19-10-12-30-15-19/h5-8,16,19-20H,4,9-15H2,1-3H3,(H,24,29)(H,26,27)/t19?,20-/m0/s1. The van der Waals surface area contributed by atoms with E-state index in [1.54, 1.807) is 6.92 Å². The molecular weight excluding hydrogens is 400 g/mol. The monoisotopic (exact) mass is 434 g/mol. The highest BCUT2D eigenvalue weighted by molar-refractivity contribution is 5.84. The van der Waals surface area contributed by atoms with Gasteiger partial charge in [0.05, 0.1) is 19.6 Å². The summed E-state index contributed by atoms with van der Waals surface area (Å²) in [6.07, 6.45) is 1.14. The van der Waals surface area contributed by atoms with E-state index in [1.165, 1.54) is 10.5 Å². The van der Waals surface area contributed by atoms with Crippen LogP contribution in [0.2, 0.25) is 0 Å². The van der Waals surface area contributed by atoms with E-state index in [9.17, 15) is 14.4 Å². The van der Waals surface area contributed by atoms with Gasteiger partial charge in [0.1, 0.15) is 6.04 Å². The molecule has 31 heavy (non-hydrogen) atoms. The van der Waals surface area contributed by atoms with E-state index in [4.69, 9.17) is 14.6 Å². The Balaban J connectivity index is 2.08. The van der Waals surface area contributed by atoms with Crippen molar-refractivity contribution in [1.82, 2.24) is 10.2 Å². The molecule has 0 spiro atoms. The van der Waals surface area contributed by atoms with Crippen LogP contribution in [0.4, 0.5) is 4.79 Å². The molecular formula is C23H34N2O6. The minimum atomic E-state index is -0.976. The van der Waals surface area contributed by atoms with Gasteiger partial charge < -0.3 is 24.8 Å². The molecule has 8 heteroatoms. The fourth-order valence-corrected chi connectivity index (χ4v) is 3.58. The van der Waals surface area contributed by atoms with Crippen molar-refractivity contribution in [3.8, 4) is 0 Å². The fourth-order valence-electron chi connectivity index (χ4n) is 3.58. The fraction of sp³-hybridized carbons (Fsp3) is 0.609. The number of benzene rings is 1. The Labute approximate surface area is 183 Å². The van der Waals surface area contributed by atoms with Crippen molar-refractivity contribution in [2.45, 2.75) is 52.0 Å². The summed E-state index contributed by atoms with van der Waals surface area (Å²) in [5.74, 6) is -0.927. The van der Waals surface area contributed by atoms with Crippen molar-refractivity contribution < 1.29 is 29.0 Å². The van der Waals surface area contributed by atoms with E-state index in [-0.39, 0.29) is 25.5 Å². The average Bonchev–Trinajstić information content (AvgIpc) is 3.25. The van der Waals surface area contributed by atoms with Crippen LogP contribution in [0.3, 0.4) is 0 Å². The first-order valence-electron chi connectivity index (χ1n) is 10.9. The maximum absolute atomic E-state index is 12.8. The second kappa shape index (κ2) is 12.3. The Morgan fingerprint density at radius 2 is 1.97 bits per heavy atom. The van der Waals surface area contributed by atoms with Crippen molar-refractivity contribution in [2.24, 2.45) is 5.92 Å². The average molecular weight is 435 g/mol. The van der Waals surface area contributed by atoms with Gasteiger partial charge in [0.2, 0.25) is 0 Å². The van der Waals surface area contributed by atoms with Gasteiger partial charge in [0.15, 0.2) is 0 Å². The Bertz CT molecular complexity index is 728. The number of hydrogen-bond acceptors (Lipinski definition) is 5. The maximum Gasteiger partial charge on any atom is 0.329 e. The Hall–Kier alpha value is -2.61. The van der Waals surface area contributed by atoms with Crippen LogP contribution >= 0.6 is 0 Å².